The van der Waals surface area contributed by atoms with Gasteiger partial charge in [-0.15, -0.1) is 0 Å². The minimum Gasteiger partial charge on any atom is -0.394 e. The van der Waals surface area contributed by atoms with Gasteiger partial charge in [0.2, 0.25) is 0 Å². The van der Waals surface area contributed by atoms with Gasteiger partial charge in [-0.3, -0.25) is 4.79 Å². The Morgan fingerprint density at radius 3 is 2.56 bits per heavy atom. The highest BCUT2D eigenvalue weighted by atomic mass is 19.4. The van der Waals surface area contributed by atoms with Crippen LogP contribution in [0.15, 0.2) is 0 Å². The molecule has 5 nitrogen and oxygen atoms in total. The van der Waals surface area contributed by atoms with E-state index in [0.717, 1.165) is 0 Å². The molecule has 0 aromatic carbocycles. The Bertz CT molecular complexity index is 258. The summed E-state index contributed by atoms with van der Waals surface area (Å²) in [5.74, 6) is -2.04. The Hall–Kier alpha value is -0.860. The normalized spacial score (nSPS) is 30.4. The highest BCUT2D eigenvalue weighted by Gasteiger charge is 2.40. The Balaban J connectivity index is 2.33. The summed E-state index contributed by atoms with van der Waals surface area (Å²) < 4.78 is 40.4. The quantitative estimate of drug-likeness (QED) is 0.605. The number of halogens is 3. The highest BCUT2D eigenvalue weighted by Crippen LogP contribution is 2.20. The summed E-state index contributed by atoms with van der Waals surface area (Å²) in [4.78, 5) is 10.5. The van der Waals surface area contributed by atoms with Crippen LogP contribution in [0, 0.1) is 0 Å². The minimum atomic E-state index is -4.92. The predicted molar refractivity (Wildman–Crippen MR) is 45.4 cm³/mol. The van der Waals surface area contributed by atoms with Gasteiger partial charge >= 0.3 is 12.1 Å². The summed E-state index contributed by atoms with van der Waals surface area (Å²) in [6.07, 6.45) is -7.26. The molecule has 3 N–H and O–H groups in total. The number of aliphatic hydroxyl groups is 2. The van der Waals surface area contributed by atoms with Gasteiger partial charge < -0.3 is 20.3 Å². The molecule has 0 unspecified atom stereocenters. The first-order valence-corrected chi connectivity index (χ1v) is 4.64. The van der Waals surface area contributed by atoms with Crippen LogP contribution in [0.3, 0.4) is 0 Å². The SMILES string of the molecule is O=C(NC[C@@H]1C[C@H](O)[C@@H](CO)O1)C(F)(F)F. The first kappa shape index (κ1) is 13.2. The first-order valence-electron chi connectivity index (χ1n) is 4.64. The number of carbonyl (C=O) groups excluding carboxylic acids is 1. The number of ether oxygens (including phenoxy) is 1. The van der Waals surface area contributed by atoms with E-state index in [1.54, 1.807) is 5.32 Å². The molecule has 94 valence electrons. The molecule has 1 saturated heterocycles. The molecule has 0 aromatic rings. The summed E-state index contributed by atoms with van der Waals surface area (Å²) >= 11 is 0. The van der Waals surface area contributed by atoms with Crippen LogP contribution < -0.4 is 5.32 Å². The van der Waals surface area contributed by atoms with Crippen molar-refractivity contribution in [1.82, 2.24) is 5.32 Å². The van der Waals surface area contributed by atoms with E-state index in [2.05, 4.69) is 0 Å². The molecule has 1 rings (SSSR count). The number of hydrogen-bond donors (Lipinski definition) is 3. The number of aliphatic hydroxyl groups excluding tert-OH is 2. The predicted octanol–water partition coefficient (Wildman–Crippen LogP) is -0.824. The van der Waals surface area contributed by atoms with Gasteiger partial charge in [-0.1, -0.05) is 0 Å². The molecule has 1 aliphatic heterocycles. The molecule has 8 heteroatoms. The van der Waals surface area contributed by atoms with E-state index in [1.165, 1.54) is 0 Å². The van der Waals surface area contributed by atoms with Crippen molar-refractivity contribution in [3.05, 3.63) is 0 Å². The van der Waals surface area contributed by atoms with Crippen molar-refractivity contribution in [2.45, 2.75) is 30.9 Å². The summed E-state index contributed by atoms with van der Waals surface area (Å²) in [6, 6.07) is 0. The summed E-state index contributed by atoms with van der Waals surface area (Å²) in [5, 5.41) is 19.6. The van der Waals surface area contributed by atoms with Crippen LogP contribution in [0.25, 0.3) is 0 Å². The number of rotatable bonds is 3. The van der Waals surface area contributed by atoms with Gasteiger partial charge in [-0.25, -0.2) is 0 Å². The second-order valence-corrected chi connectivity index (χ2v) is 3.49. The maximum atomic E-state index is 11.8. The van der Waals surface area contributed by atoms with Crippen molar-refractivity contribution >= 4 is 5.91 Å². The first-order chi connectivity index (χ1) is 7.34. The fourth-order valence-corrected chi connectivity index (χ4v) is 1.42. The smallest absolute Gasteiger partial charge is 0.394 e. The Morgan fingerprint density at radius 1 is 1.50 bits per heavy atom. The van der Waals surface area contributed by atoms with Crippen molar-refractivity contribution in [2.75, 3.05) is 13.2 Å². The van der Waals surface area contributed by atoms with Crippen molar-refractivity contribution < 1.29 is 32.9 Å². The van der Waals surface area contributed by atoms with E-state index >= 15 is 0 Å². The summed E-state index contributed by atoms with van der Waals surface area (Å²) in [6.45, 7) is -0.753. The third kappa shape index (κ3) is 3.32. The van der Waals surface area contributed by atoms with Crippen molar-refractivity contribution in [1.29, 1.82) is 0 Å². The monoisotopic (exact) mass is 243 g/mol. The standard InChI is InChI=1S/C8H12F3NO4/c9-8(10,11)7(15)12-2-4-1-5(14)6(3-13)16-4/h4-6,13-14H,1-3H2,(H,12,15)/t4-,5-,6+/m0/s1. The van der Waals surface area contributed by atoms with Crippen LogP contribution in [0.4, 0.5) is 13.2 Å². The van der Waals surface area contributed by atoms with Gasteiger partial charge in [0.1, 0.15) is 6.10 Å². The van der Waals surface area contributed by atoms with Crippen LogP contribution >= 0.6 is 0 Å². The van der Waals surface area contributed by atoms with Gasteiger partial charge in [-0.2, -0.15) is 13.2 Å². The van der Waals surface area contributed by atoms with Crippen molar-refractivity contribution in [3.63, 3.8) is 0 Å². The molecular weight excluding hydrogens is 231 g/mol. The maximum absolute atomic E-state index is 11.8. The van der Waals surface area contributed by atoms with Gasteiger partial charge in [0, 0.05) is 13.0 Å². The Labute approximate surface area is 89.2 Å². The van der Waals surface area contributed by atoms with Gasteiger partial charge in [0.15, 0.2) is 0 Å². The number of hydrogen-bond acceptors (Lipinski definition) is 4. The lowest BCUT2D eigenvalue weighted by Crippen LogP contribution is -2.40. The van der Waals surface area contributed by atoms with E-state index in [1.807, 2.05) is 0 Å². The Kier molecular flexibility index (Phi) is 4.11. The average molecular weight is 243 g/mol. The summed E-state index contributed by atoms with van der Waals surface area (Å²) in [5.41, 5.74) is 0. The van der Waals surface area contributed by atoms with E-state index in [0.29, 0.717) is 0 Å². The van der Waals surface area contributed by atoms with E-state index in [-0.39, 0.29) is 13.0 Å². The van der Waals surface area contributed by atoms with Crippen molar-refractivity contribution in [3.8, 4) is 0 Å². The second kappa shape index (κ2) is 4.98. The molecule has 0 spiro atoms. The van der Waals surface area contributed by atoms with Gasteiger partial charge in [-0.05, 0) is 0 Å². The number of carbonyl (C=O) groups is 1. The van der Waals surface area contributed by atoms with Gasteiger partial charge in [0.25, 0.3) is 0 Å². The molecule has 0 radical (unpaired) electrons. The molecule has 1 heterocycles. The molecule has 3 atom stereocenters. The molecule has 1 aliphatic rings. The minimum absolute atomic E-state index is 0.0867. The van der Waals surface area contributed by atoms with E-state index in [9.17, 15) is 23.1 Å². The van der Waals surface area contributed by atoms with Crippen LogP contribution in [-0.2, 0) is 9.53 Å². The van der Waals surface area contributed by atoms with Crippen LogP contribution in [0.5, 0.6) is 0 Å². The molecule has 0 bridgehead atoms. The zero-order valence-corrected chi connectivity index (χ0v) is 8.20. The lowest BCUT2D eigenvalue weighted by molar-refractivity contribution is -0.174. The fraction of sp³-hybridized carbons (Fsp3) is 0.875. The van der Waals surface area contributed by atoms with Gasteiger partial charge in [0.05, 0.1) is 18.8 Å². The Morgan fingerprint density at radius 2 is 2.12 bits per heavy atom. The zero-order valence-electron chi connectivity index (χ0n) is 8.20. The number of amides is 1. The van der Waals surface area contributed by atoms with E-state index < -0.39 is 37.0 Å². The largest absolute Gasteiger partial charge is 0.471 e. The average Bonchev–Trinajstić information content (AvgIpc) is 2.54. The molecule has 0 aliphatic carbocycles. The third-order valence-corrected chi connectivity index (χ3v) is 2.23. The fourth-order valence-electron chi connectivity index (χ4n) is 1.42. The lowest BCUT2D eigenvalue weighted by atomic mass is 10.1. The maximum Gasteiger partial charge on any atom is 0.471 e. The molecule has 0 aromatic heterocycles. The summed E-state index contributed by atoms with van der Waals surface area (Å²) in [7, 11) is 0. The third-order valence-electron chi connectivity index (χ3n) is 2.23. The number of nitrogens with one attached hydrogen (secondary N) is 1. The molecule has 1 amide bonds. The van der Waals surface area contributed by atoms with E-state index in [4.69, 9.17) is 9.84 Å². The zero-order chi connectivity index (χ0) is 12.3. The lowest BCUT2D eigenvalue weighted by Gasteiger charge is -2.13. The van der Waals surface area contributed by atoms with Crippen LogP contribution in [-0.4, -0.2) is 53.8 Å². The van der Waals surface area contributed by atoms with Crippen LogP contribution in [0.2, 0.25) is 0 Å². The molecular formula is C8H12F3NO4. The van der Waals surface area contributed by atoms with Crippen molar-refractivity contribution in [2.24, 2.45) is 0 Å². The highest BCUT2D eigenvalue weighted by molar-refractivity contribution is 5.81. The molecule has 16 heavy (non-hydrogen) atoms. The number of alkyl halides is 3. The molecule has 0 saturated carbocycles. The van der Waals surface area contributed by atoms with Crippen LogP contribution in [0.1, 0.15) is 6.42 Å². The second-order valence-electron chi connectivity index (χ2n) is 3.49. The molecule has 1 fully saturated rings. The topological polar surface area (TPSA) is 78.8 Å².